The maximum atomic E-state index is 12.3. The second kappa shape index (κ2) is 16.3. The van der Waals surface area contributed by atoms with Crippen molar-refractivity contribution in [2.24, 2.45) is 23.9 Å². The molecule has 0 spiro atoms. The van der Waals surface area contributed by atoms with E-state index in [-0.39, 0.29) is 17.6 Å². The summed E-state index contributed by atoms with van der Waals surface area (Å²) in [7, 11) is 1.92. The molecule has 200 valence electrons. The number of nitrogens with one attached hydrogen (secondary N) is 1. The highest BCUT2D eigenvalue weighted by Crippen LogP contribution is 2.36. The fourth-order valence-corrected chi connectivity index (χ4v) is 4.00. The third kappa shape index (κ3) is 11.5. The average Bonchev–Trinajstić information content (AvgIpc) is 3.61. The Labute approximate surface area is 222 Å². The fraction of sp³-hybridized carbons (Fsp3) is 0.552. The Balaban J connectivity index is 0.000000279. The summed E-state index contributed by atoms with van der Waals surface area (Å²) in [5.74, 6) is 0.912. The molecule has 5 nitrogen and oxygen atoms in total. The molecule has 1 saturated carbocycles. The van der Waals surface area contributed by atoms with Crippen molar-refractivity contribution in [3.63, 3.8) is 0 Å². The summed E-state index contributed by atoms with van der Waals surface area (Å²) in [5.41, 5.74) is 4.01. The molecule has 1 N–H and O–H groups in total. The Morgan fingerprint density at radius 2 is 2.00 bits per heavy atom. The van der Waals surface area contributed by atoms with Crippen LogP contribution < -0.4 is 5.32 Å². The summed E-state index contributed by atoms with van der Waals surface area (Å²) in [5, 5.41) is 7.76. The molecule has 0 radical (unpaired) electrons. The molecule has 0 aliphatic heterocycles. The quantitative estimate of drug-likeness (QED) is 0.347. The molecule has 0 bridgehead atoms. The van der Waals surface area contributed by atoms with Gasteiger partial charge in [0.25, 0.3) is 0 Å². The number of unbranched alkanes of at least 4 members (excludes halogenated alkanes) is 1. The predicted octanol–water partition coefficient (Wildman–Crippen LogP) is 7.59. The topological polar surface area (TPSA) is 59.3 Å². The molecule has 1 amide bonds. The highest BCUT2D eigenvalue weighted by atomic mass is 35.5. The highest BCUT2D eigenvalue weighted by Gasteiger charge is 2.33. The van der Waals surface area contributed by atoms with Crippen LogP contribution in [0.5, 0.6) is 0 Å². The van der Waals surface area contributed by atoms with Crippen molar-refractivity contribution in [1.82, 2.24) is 15.1 Å². The molecule has 1 aliphatic carbocycles. The number of halogens is 2. The maximum absolute atomic E-state index is 12.3. The van der Waals surface area contributed by atoms with Crippen molar-refractivity contribution >= 4 is 23.2 Å². The van der Waals surface area contributed by atoms with E-state index in [1.807, 2.05) is 31.8 Å². The number of aryl methyl sites for hydroxylation is 2. The van der Waals surface area contributed by atoms with E-state index in [9.17, 15) is 9.18 Å². The van der Waals surface area contributed by atoms with Gasteiger partial charge in [0.05, 0.1) is 6.20 Å². The molecule has 1 aliphatic rings. The van der Waals surface area contributed by atoms with Gasteiger partial charge in [-0.2, -0.15) is 5.10 Å². The number of aliphatic imine (C=N–C) groups is 1. The number of carbonyl (C=O) groups excluding carboxylic acids is 1. The number of carbonyl (C=O) groups is 1. The Hall–Kier alpha value is -2.47. The van der Waals surface area contributed by atoms with Gasteiger partial charge in [-0.25, -0.2) is 4.39 Å². The number of hydrogen-bond donors (Lipinski definition) is 1. The Bertz CT molecular complexity index is 947. The number of amides is 1. The first-order valence-electron chi connectivity index (χ1n) is 12.9. The normalized spacial score (nSPS) is 14.5. The van der Waals surface area contributed by atoms with Gasteiger partial charge in [-0.1, -0.05) is 51.8 Å². The van der Waals surface area contributed by atoms with E-state index in [1.54, 1.807) is 19.2 Å². The largest absolute Gasteiger partial charge is 0.353 e. The van der Waals surface area contributed by atoms with Gasteiger partial charge in [-0.3, -0.25) is 14.5 Å². The van der Waals surface area contributed by atoms with E-state index < -0.39 is 0 Å². The van der Waals surface area contributed by atoms with E-state index in [0.717, 1.165) is 35.4 Å². The first-order valence-corrected chi connectivity index (χ1v) is 13.3. The molecule has 1 heterocycles. The van der Waals surface area contributed by atoms with Crippen molar-refractivity contribution < 1.29 is 9.18 Å². The second-order valence-electron chi connectivity index (χ2n) is 9.49. The number of aromatic nitrogens is 2. The highest BCUT2D eigenvalue weighted by molar-refractivity contribution is 6.30. The number of rotatable bonds is 9. The minimum atomic E-state index is -0.278. The third-order valence-electron chi connectivity index (χ3n) is 6.40. The molecule has 1 aromatic carbocycles. The van der Waals surface area contributed by atoms with Gasteiger partial charge in [0.2, 0.25) is 5.91 Å². The predicted molar refractivity (Wildman–Crippen MR) is 150 cm³/mol. The van der Waals surface area contributed by atoms with Gasteiger partial charge in [0.15, 0.2) is 0 Å². The van der Waals surface area contributed by atoms with Crippen LogP contribution in [0.2, 0.25) is 5.02 Å². The smallest absolute Gasteiger partial charge is 0.223 e. The third-order valence-corrected chi connectivity index (χ3v) is 6.62. The van der Waals surface area contributed by atoms with Crippen LogP contribution in [0.1, 0.15) is 83.0 Å². The molecule has 36 heavy (non-hydrogen) atoms. The zero-order valence-electron chi connectivity index (χ0n) is 23.1. The maximum Gasteiger partial charge on any atom is 0.223 e. The van der Waals surface area contributed by atoms with E-state index in [0.29, 0.717) is 17.0 Å². The van der Waals surface area contributed by atoms with Gasteiger partial charge in [0, 0.05) is 47.2 Å². The first kappa shape index (κ1) is 31.6. The second-order valence-corrected chi connectivity index (χ2v) is 9.93. The summed E-state index contributed by atoms with van der Waals surface area (Å²) < 4.78 is 14.2. The van der Waals surface area contributed by atoms with E-state index in [2.05, 4.69) is 42.8 Å². The fourth-order valence-electron chi connectivity index (χ4n) is 3.72. The van der Waals surface area contributed by atoms with Gasteiger partial charge >= 0.3 is 0 Å². The lowest BCUT2D eigenvalue weighted by atomic mass is 10.0. The van der Waals surface area contributed by atoms with Crippen LogP contribution in [0.3, 0.4) is 0 Å². The standard InChI is InChI=1S/C13H25NO.C9H13N3.C7H6ClF/c1-4-6-7-12(5-2)14-13(15)10(3)11-8-9-11;1-5-10-7(2)9-6-11-12(4)8(9)3;1-5-2-6(8)4-7(9)3-5/h10-12H,4-9H2,1-3H3,(H,14,15);5-6H,1H2,2-4H3;2-4H,1H3. The molecule has 7 heteroatoms. The molecule has 2 atom stereocenters. The minimum Gasteiger partial charge on any atom is -0.353 e. The van der Waals surface area contributed by atoms with E-state index >= 15 is 0 Å². The van der Waals surface area contributed by atoms with Crippen LogP contribution in [0, 0.1) is 31.5 Å². The van der Waals surface area contributed by atoms with Gasteiger partial charge in [0.1, 0.15) is 5.82 Å². The molecular formula is C29H44ClFN4O. The van der Waals surface area contributed by atoms with Crippen LogP contribution in [0.25, 0.3) is 0 Å². The number of hydrogen-bond acceptors (Lipinski definition) is 3. The molecular weight excluding hydrogens is 475 g/mol. The lowest BCUT2D eigenvalue weighted by Crippen LogP contribution is -2.38. The minimum absolute atomic E-state index is 0.237. The lowest BCUT2D eigenvalue weighted by Gasteiger charge is -2.19. The van der Waals surface area contributed by atoms with Crippen molar-refractivity contribution in [3.8, 4) is 0 Å². The summed E-state index contributed by atoms with van der Waals surface area (Å²) in [4.78, 5) is 15.9. The van der Waals surface area contributed by atoms with Gasteiger partial charge in [-0.15, -0.1) is 0 Å². The van der Waals surface area contributed by atoms with Crippen molar-refractivity contribution in [2.75, 3.05) is 0 Å². The zero-order valence-corrected chi connectivity index (χ0v) is 23.8. The van der Waals surface area contributed by atoms with E-state index in [4.69, 9.17) is 11.6 Å². The monoisotopic (exact) mass is 518 g/mol. The summed E-state index contributed by atoms with van der Waals surface area (Å²) >= 11 is 5.51. The van der Waals surface area contributed by atoms with Crippen LogP contribution >= 0.6 is 11.6 Å². The van der Waals surface area contributed by atoms with Crippen molar-refractivity contribution in [3.05, 3.63) is 64.8 Å². The van der Waals surface area contributed by atoms with Gasteiger partial charge in [-0.05, 0) is 76.1 Å². The zero-order chi connectivity index (χ0) is 27.3. The number of nitrogens with zero attached hydrogens (tertiary/aromatic N) is 3. The molecule has 2 aromatic rings. The van der Waals surface area contributed by atoms with E-state index in [1.165, 1.54) is 37.8 Å². The van der Waals surface area contributed by atoms with Crippen LogP contribution in [-0.4, -0.2) is 27.4 Å². The average molecular weight is 519 g/mol. The van der Waals surface area contributed by atoms with Gasteiger partial charge < -0.3 is 5.32 Å². The Kier molecular flexibility index (Phi) is 14.3. The van der Waals surface area contributed by atoms with Crippen molar-refractivity contribution in [2.45, 2.75) is 86.1 Å². The lowest BCUT2D eigenvalue weighted by molar-refractivity contribution is -0.125. The summed E-state index contributed by atoms with van der Waals surface area (Å²) in [6, 6.07) is 4.84. The Morgan fingerprint density at radius 3 is 2.44 bits per heavy atom. The SMILES string of the molecule is C=CN=C(C)c1cnn(C)c1C.CCCCC(CC)NC(=O)C(C)C1CC1.Cc1cc(F)cc(Cl)c1. The van der Waals surface area contributed by atoms with Crippen LogP contribution in [0.15, 0.2) is 42.2 Å². The Morgan fingerprint density at radius 1 is 1.33 bits per heavy atom. The molecule has 1 fully saturated rings. The molecule has 0 saturated heterocycles. The number of benzene rings is 1. The van der Waals surface area contributed by atoms with Crippen molar-refractivity contribution in [1.29, 1.82) is 0 Å². The molecule has 3 rings (SSSR count). The summed E-state index contributed by atoms with van der Waals surface area (Å²) in [6.07, 6.45) is 10.5. The van der Waals surface area contributed by atoms with Crippen LogP contribution in [-0.2, 0) is 11.8 Å². The first-order chi connectivity index (χ1) is 17.0. The summed E-state index contributed by atoms with van der Waals surface area (Å²) in [6.45, 7) is 15.7. The van der Waals surface area contributed by atoms with Crippen LogP contribution in [0.4, 0.5) is 4.39 Å². The molecule has 2 unspecified atom stereocenters. The molecule has 1 aromatic heterocycles.